The molecule has 2 aromatic heterocycles. The molecule has 9 nitrogen and oxygen atoms in total. The van der Waals surface area contributed by atoms with E-state index in [2.05, 4.69) is 62.1 Å². The summed E-state index contributed by atoms with van der Waals surface area (Å²) in [4.78, 5) is 12.5. The SMILES string of the molecule is CCC(C)c1ccccc1Oc1cc(Oc2ccc(N3CCNCC3)cc2)nc(NSc2cnn(C)c2)n1. The van der Waals surface area contributed by atoms with Crippen molar-refractivity contribution in [1.82, 2.24) is 25.1 Å². The molecule has 10 heteroatoms. The van der Waals surface area contributed by atoms with E-state index < -0.39 is 0 Å². The van der Waals surface area contributed by atoms with Crippen molar-refractivity contribution >= 4 is 23.6 Å². The molecule has 0 aliphatic carbocycles. The summed E-state index contributed by atoms with van der Waals surface area (Å²) in [5.41, 5.74) is 2.32. The molecule has 4 aromatic rings. The Morgan fingerprint density at radius 3 is 2.47 bits per heavy atom. The van der Waals surface area contributed by atoms with Gasteiger partial charge in [0.1, 0.15) is 11.5 Å². The van der Waals surface area contributed by atoms with Crippen LogP contribution in [0.3, 0.4) is 0 Å². The van der Waals surface area contributed by atoms with Crippen molar-refractivity contribution in [2.45, 2.75) is 31.1 Å². The molecule has 1 saturated heterocycles. The Labute approximate surface area is 227 Å². The van der Waals surface area contributed by atoms with Gasteiger partial charge >= 0.3 is 0 Å². The van der Waals surface area contributed by atoms with Crippen LogP contribution in [0.5, 0.6) is 23.3 Å². The predicted octanol–water partition coefficient (Wildman–Crippen LogP) is 5.84. The minimum Gasteiger partial charge on any atom is -0.439 e. The predicted molar refractivity (Wildman–Crippen MR) is 152 cm³/mol. The Kier molecular flexibility index (Phi) is 8.30. The number of piperazine rings is 1. The van der Waals surface area contributed by atoms with Crippen LogP contribution in [-0.2, 0) is 7.05 Å². The first kappa shape index (κ1) is 25.9. The molecule has 38 heavy (non-hydrogen) atoms. The Morgan fingerprint density at radius 2 is 1.76 bits per heavy atom. The van der Waals surface area contributed by atoms with Gasteiger partial charge in [-0.25, -0.2) is 0 Å². The van der Waals surface area contributed by atoms with Crippen LogP contribution in [0, 0.1) is 0 Å². The molecule has 3 heterocycles. The van der Waals surface area contributed by atoms with E-state index in [-0.39, 0.29) is 0 Å². The summed E-state index contributed by atoms with van der Waals surface area (Å²) < 4.78 is 17.4. The highest BCUT2D eigenvalue weighted by Gasteiger charge is 2.15. The van der Waals surface area contributed by atoms with Crippen LogP contribution in [0.2, 0.25) is 0 Å². The summed E-state index contributed by atoms with van der Waals surface area (Å²) in [6.45, 7) is 8.34. The van der Waals surface area contributed by atoms with E-state index in [0.717, 1.165) is 48.8 Å². The summed E-state index contributed by atoms with van der Waals surface area (Å²) in [5, 5.41) is 7.60. The van der Waals surface area contributed by atoms with Crippen molar-refractivity contribution in [3.05, 3.63) is 72.6 Å². The fraction of sp³-hybridized carbons (Fsp3) is 0.321. The molecule has 0 radical (unpaired) electrons. The quantitative estimate of drug-likeness (QED) is 0.245. The highest BCUT2D eigenvalue weighted by atomic mass is 32.2. The van der Waals surface area contributed by atoms with E-state index >= 15 is 0 Å². The van der Waals surface area contributed by atoms with Gasteiger partial charge in [-0.2, -0.15) is 15.1 Å². The van der Waals surface area contributed by atoms with Crippen LogP contribution in [0.25, 0.3) is 0 Å². The van der Waals surface area contributed by atoms with Crippen molar-refractivity contribution in [2.24, 2.45) is 7.05 Å². The lowest BCUT2D eigenvalue weighted by atomic mass is 9.98. The van der Waals surface area contributed by atoms with Crippen molar-refractivity contribution in [1.29, 1.82) is 0 Å². The van der Waals surface area contributed by atoms with Gasteiger partial charge in [0.15, 0.2) is 0 Å². The Morgan fingerprint density at radius 1 is 1.03 bits per heavy atom. The molecule has 0 saturated carbocycles. The van der Waals surface area contributed by atoms with Crippen molar-refractivity contribution in [3.8, 4) is 23.3 Å². The fourth-order valence-corrected chi connectivity index (χ4v) is 4.80. The Bertz CT molecular complexity index is 1340. The molecule has 2 N–H and O–H groups in total. The maximum absolute atomic E-state index is 6.30. The lowest BCUT2D eigenvalue weighted by Gasteiger charge is -2.29. The van der Waals surface area contributed by atoms with Crippen LogP contribution in [-0.4, -0.2) is 45.9 Å². The molecule has 1 aliphatic heterocycles. The molecule has 0 spiro atoms. The van der Waals surface area contributed by atoms with E-state index in [9.17, 15) is 0 Å². The van der Waals surface area contributed by atoms with E-state index in [1.54, 1.807) is 16.9 Å². The van der Waals surface area contributed by atoms with Gasteiger partial charge in [-0.1, -0.05) is 32.0 Å². The molecule has 0 bridgehead atoms. The minimum atomic E-state index is 0.358. The largest absolute Gasteiger partial charge is 0.439 e. The van der Waals surface area contributed by atoms with Crippen molar-refractivity contribution < 1.29 is 9.47 Å². The Hall–Kier alpha value is -3.76. The number of hydrogen-bond donors (Lipinski definition) is 2. The molecule has 1 fully saturated rings. The highest BCUT2D eigenvalue weighted by molar-refractivity contribution is 8.00. The van der Waals surface area contributed by atoms with Crippen LogP contribution in [0.4, 0.5) is 11.6 Å². The topological polar surface area (TPSA) is 89.4 Å². The van der Waals surface area contributed by atoms with Crippen molar-refractivity contribution in [3.63, 3.8) is 0 Å². The zero-order chi connectivity index (χ0) is 26.3. The molecular formula is C28H33N7O2S. The number of aromatic nitrogens is 4. The van der Waals surface area contributed by atoms with Gasteiger partial charge in [-0.15, -0.1) is 0 Å². The van der Waals surface area contributed by atoms with E-state index in [1.165, 1.54) is 17.6 Å². The highest BCUT2D eigenvalue weighted by Crippen LogP contribution is 2.34. The molecule has 1 unspecified atom stereocenters. The molecule has 1 atom stereocenters. The third-order valence-corrected chi connectivity index (χ3v) is 7.17. The maximum atomic E-state index is 6.30. The van der Waals surface area contributed by atoms with Gasteiger partial charge in [0.25, 0.3) is 0 Å². The summed E-state index contributed by atoms with van der Waals surface area (Å²) in [5.74, 6) is 3.00. The van der Waals surface area contributed by atoms with Crippen LogP contribution in [0.1, 0.15) is 31.7 Å². The van der Waals surface area contributed by atoms with E-state index in [4.69, 9.17) is 9.47 Å². The summed E-state index contributed by atoms with van der Waals surface area (Å²) >= 11 is 1.37. The maximum Gasteiger partial charge on any atom is 0.239 e. The lowest BCUT2D eigenvalue weighted by molar-refractivity contribution is 0.430. The van der Waals surface area contributed by atoms with Gasteiger partial charge < -0.3 is 19.7 Å². The van der Waals surface area contributed by atoms with Gasteiger partial charge in [0.05, 0.1) is 17.2 Å². The first-order chi connectivity index (χ1) is 18.6. The van der Waals surface area contributed by atoms with Crippen LogP contribution in [0.15, 0.2) is 71.9 Å². The number of ether oxygens (including phenoxy) is 2. The van der Waals surface area contributed by atoms with Crippen LogP contribution < -0.4 is 24.4 Å². The lowest BCUT2D eigenvalue weighted by Crippen LogP contribution is -2.43. The van der Waals surface area contributed by atoms with E-state index in [0.29, 0.717) is 29.4 Å². The zero-order valence-electron chi connectivity index (χ0n) is 21.9. The second-order valence-electron chi connectivity index (χ2n) is 9.20. The molecular weight excluding hydrogens is 498 g/mol. The molecule has 198 valence electrons. The Balaban J connectivity index is 1.38. The van der Waals surface area contributed by atoms with Crippen LogP contribution >= 0.6 is 11.9 Å². The standard InChI is InChI=1S/C28H33N7O2S/c1-4-20(2)24-7-5-6-8-25(24)37-27-17-26(31-28(32-27)33-38-23-18-30-34(3)19-23)36-22-11-9-21(10-12-22)35-15-13-29-14-16-35/h5-12,17-20,29H,4,13-16H2,1-3H3,(H,31,32,33). The first-order valence-electron chi connectivity index (χ1n) is 12.9. The van der Waals surface area contributed by atoms with Gasteiger partial charge in [0.2, 0.25) is 17.7 Å². The number of anilines is 2. The number of nitrogens with one attached hydrogen (secondary N) is 2. The molecule has 2 aromatic carbocycles. The second-order valence-corrected chi connectivity index (χ2v) is 10.1. The number of para-hydroxylation sites is 1. The molecule has 0 amide bonds. The monoisotopic (exact) mass is 531 g/mol. The third-order valence-electron chi connectivity index (χ3n) is 6.44. The van der Waals surface area contributed by atoms with Gasteiger partial charge in [-0.05, 0) is 60.2 Å². The number of nitrogens with zero attached hydrogens (tertiary/aromatic N) is 5. The fourth-order valence-electron chi connectivity index (χ4n) is 4.19. The van der Waals surface area contributed by atoms with E-state index in [1.807, 2.05) is 43.6 Å². The number of aryl methyl sites for hydroxylation is 1. The average molecular weight is 532 g/mol. The normalized spacial score (nSPS) is 14.2. The minimum absolute atomic E-state index is 0.358. The zero-order valence-corrected chi connectivity index (χ0v) is 22.7. The van der Waals surface area contributed by atoms with Gasteiger partial charge in [0, 0.05) is 45.1 Å². The number of rotatable bonds is 10. The number of benzene rings is 2. The van der Waals surface area contributed by atoms with Gasteiger partial charge in [-0.3, -0.25) is 9.40 Å². The summed E-state index contributed by atoms with van der Waals surface area (Å²) in [6, 6.07) is 17.9. The average Bonchev–Trinajstić information content (AvgIpc) is 3.37. The molecule has 5 rings (SSSR count). The summed E-state index contributed by atoms with van der Waals surface area (Å²) in [7, 11) is 1.88. The number of hydrogen-bond acceptors (Lipinski definition) is 9. The first-order valence-corrected chi connectivity index (χ1v) is 13.7. The van der Waals surface area contributed by atoms with Crippen molar-refractivity contribution in [2.75, 3.05) is 35.8 Å². The summed E-state index contributed by atoms with van der Waals surface area (Å²) in [6.07, 6.45) is 4.70. The third kappa shape index (κ3) is 6.56. The smallest absolute Gasteiger partial charge is 0.239 e. The second kappa shape index (κ2) is 12.2. The molecule has 1 aliphatic rings.